The number of nitrogens with zero attached hydrogens (tertiary/aromatic N) is 5. The van der Waals surface area contributed by atoms with E-state index in [2.05, 4.69) is 20.3 Å². The number of likely N-dealkylation sites (tertiary alicyclic amines) is 1. The number of anilines is 1. The van der Waals surface area contributed by atoms with Crippen LogP contribution in [0.5, 0.6) is 0 Å². The summed E-state index contributed by atoms with van der Waals surface area (Å²) in [5, 5.41) is 7.52. The number of pyridine rings is 1. The number of carbonyl (C=O) groups excluding carboxylic acids is 1. The highest BCUT2D eigenvalue weighted by molar-refractivity contribution is 5.78. The van der Waals surface area contributed by atoms with Crippen molar-refractivity contribution in [2.24, 2.45) is 13.0 Å². The lowest BCUT2D eigenvalue weighted by Gasteiger charge is -2.21. The molecule has 0 spiro atoms. The quantitative estimate of drug-likeness (QED) is 0.819. The van der Waals surface area contributed by atoms with Gasteiger partial charge in [0, 0.05) is 51.7 Å². The van der Waals surface area contributed by atoms with Crippen molar-refractivity contribution in [2.45, 2.75) is 13.0 Å². The van der Waals surface area contributed by atoms with Crippen LogP contribution in [0.25, 0.3) is 0 Å². The fourth-order valence-electron chi connectivity index (χ4n) is 3.17. The molecule has 0 radical (unpaired) electrons. The minimum absolute atomic E-state index is 0.155. The number of hydrogen-bond acceptors (Lipinski definition) is 5. The molecule has 25 heavy (non-hydrogen) atoms. The molecule has 3 heterocycles. The van der Waals surface area contributed by atoms with E-state index in [-0.39, 0.29) is 5.91 Å². The van der Waals surface area contributed by atoms with Gasteiger partial charge in [-0.15, -0.1) is 0 Å². The lowest BCUT2D eigenvalue weighted by molar-refractivity contribution is -0.131. The third-order valence-corrected chi connectivity index (χ3v) is 4.57. The van der Waals surface area contributed by atoms with Gasteiger partial charge in [0.1, 0.15) is 5.82 Å². The number of likely N-dealkylation sites (N-methyl/N-ethyl adjacent to an activating group) is 1. The van der Waals surface area contributed by atoms with Crippen molar-refractivity contribution in [3.05, 3.63) is 42.4 Å². The van der Waals surface area contributed by atoms with Gasteiger partial charge in [0.05, 0.1) is 12.7 Å². The van der Waals surface area contributed by atoms with Crippen molar-refractivity contribution >= 4 is 11.7 Å². The van der Waals surface area contributed by atoms with Gasteiger partial charge in [-0.3, -0.25) is 14.4 Å². The molecule has 0 aliphatic carbocycles. The fraction of sp³-hybridized carbons (Fsp3) is 0.500. The summed E-state index contributed by atoms with van der Waals surface area (Å²) in [6.07, 6.45) is 6.65. The normalized spacial score (nSPS) is 17.6. The second-order valence-corrected chi connectivity index (χ2v) is 6.76. The number of amides is 1. The number of carbonyl (C=O) groups is 1. The molecule has 3 rings (SSSR count). The highest BCUT2D eigenvalue weighted by Gasteiger charge is 2.25. The summed E-state index contributed by atoms with van der Waals surface area (Å²) in [5.74, 6) is 1.62. The Morgan fingerprint density at radius 2 is 2.32 bits per heavy atom. The van der Waals surface area contributed by atoms with Gasteiger partial charge in [0.25, 0.3) is 0 Å². The van der Waals surface area contributed by atoms with Crippen molar-refractivity contribution in [3.8, 4) is 0 Å². The molecular formula is C18H26N6O. The minimum atomic E-state index is 0.155. The highest BCUT2D eigenvalue weighted by Crippen LogP contribution is 2.17. The van der Waals surface area contributed by atoms with E-state index in [1.807, 2.05) is 38.5 Å². The van der Waals surface area contributed by atoms with Gasteiger partial charge < -0.3 is 10.2 Å². The molecule has 1 atom stereocenters. The molecule has 1 aliphatic heterocycles. The Morgan fingerprint density at radius 1 is 1.44 bits per heavy atom. The molecule has 1 N–H and O–H groups in total. The van der Waals surface area contributed by atoms with Crippen molar-refractivity contribution < 1.29 is 4.79 Å². The van der Waals surface area contributed by atoms with E-state index >= 15 is 0 Å². The number of rotatable bonds is 7. The number of aromatic nitrogens is 3. The Labute approximate surface area is 148 Å². The van der Waals surface area contributed by atoms with E-state index in [0.717, 1.165) is 37.4 Å². The van der Waals surface area contributed by atoms with Crippen LogP contribution in [0, 0.1) is 5.92 Å². The van der Waals surface area contributed by atoms with Crippen molar-refractivity contribution in [3.63, 3.8) is 0 Å². The zero-order chi connectivity index (χ0) is 17.6. The van der Waals surface area contributed by atoms with Crippen LogP contribution in [0.1, 0.15) is 12.0 Å². The summed E-state index contributed by atoms with van der Waals surface area (Å²) in [5.41, 5.74) is 1.05. The Bertz CT molecular complexity index is 686. The van der Waals surface area contributed by atoms with Crippen molar-refractivity contribution in [1.29, 1.82) is 0 Å². The predicted octanol–water partition coefficient (Wildman–Crippen LogP) is 1.21. The maximum atomic E-state index is 12.4. The van der Waals surface area contributed by atoms with E-state index in [0.29, 0.717) is 19.0 Å². The highest BCUT2D eigenvalue weighted by atomic mass is 16.2. The van der Waals surface area contributed by atoms with Gasteiger partial charge in [-0.2, -0.15) is 5.10 Å². The first-order valence-corrected chi connectivity index (χ1v) is 8.69. The zero-order valence-corrected chi connectivity index (χ0v) is 14.9. The smallest absolute Gasteiger partial charge is 0.236 e. The zero-order valence-electron chi connectivity index (χ0n) is 14.9. The summed E-state index contributed by atoms with van der Waals surface area (Å²) in [6.45, 7) is 3.91. The molecule has 7 nitrogen and oxygen atoms in total. The molecule has 2 aromatic rings. The van der Waals surface area contributed by atoms with Gasteiger partial charge in [0.15, 0.2) is 0 Å². The minimum Gasteiger partial charge on any atom is -0.370 e. The van der Waals surface area contributed by atoms with Crippen LogP contribution in [-0.4, -0.2) is 63.7 Å². The SMILES string of the molecule is CN(Cc1cnn(C)c1)C(=O)CN1CCC(CNc2ccccn2)C1. The summed E-state index contributed by atoms with van der Waals surface area (Å²) >= 11 is 0. The number of hydrogen-bond donors (Lipinski definition) is 1. The Balaban J connectivity index is 1.40. The molecule has 2 aromatic heterocycles. The molecule has 1 amide bonds. The Kier molecular flexibility index (Phi) is 5.65. The van der Waals surface area contributed by atoms with E-state index in [1.54, 1.807) is 22.0 Å². The van der Waals surface area contributed by atoms with Crippen molar-refractivity contribution in [2.75, 3.05) is 38.5 Å². The van der Waals surface area contributed by atoms with Crippen LogP contribution in [0.3, 0.4) is 0 Å². The Morgan fingerprint density at radius 3 is 3.04 bits per heavy atom. The average Bonchev–Trinajstić information content (AvgIpc) is 3.23. The number of nitrogens with one attached hydrogen (secondary N) is 1. The monoisotopic (exact) mass is 342 g/mol. The maximum Gasteiger partial charge on any atom is 0.236 e. The molecule has 134 valence electrons. The third-order valence-electron chi connectivity index (χ3n) is 4.57. The first-order chi connectivity index (χ1) is 12.1. The third kappa shape index (κ3) is 5.03. The fourth-order valence-corrected chi connectivity index (χ4v) is 3.17. The molecule has 1 fully saturated rings. The summed E-state index contributed by atoms with van der Waals surface area (Å²) in [6, 6.07) is 5.87. The summed E-state index contributed by atoms with van der Waals surface area (Å²) < 4.78 is 1.76. The maximum absolute atomic E-state index is 12.4. The van der Waals surface area contributed by atoms with Gasteiger partial charge >= 0.3 is 0 Å². The average molecular weight is 342 g/mol. The molecule has 1 aliphatic rings. The first kappa shape index (κ1) is 17.4. The second kappa shape index (κ2) is 8.11. The second-order valence-electron chi connectivity index (χ2n) is 6.76. The van der Waals surface area contributed by atoms with Crippen LogP contribution in [-0.2, 0) is 18.4 Å². The summed E-state index contributed by atoms with van der Waals surface area (Å²) in [7, 11) is 3.74. The van der Waals surface area contributed by atoms with E-state index in [9.17, 15) is 4.79 Å². The van der Waals surface area contributed by atoms with Crippen LogP contribution in [0.2, 0.25) is 0 Å². The molecule has 1 saturated heterocycles. The summed E-state index contributed by atoms with van der Waals surface area (Å²) in [4.78, 5) is 20.7. The van der Waals surface area contributed by atoms with Crippen LogP contribution in [0.15, 0.2) is 36.8 Å². The molecule has 1 unspecified atom stereocenters. The van der Waals surface area contributed by atoms with Crippen LogP contribution >= 0.6 is 0 Å². The molecular weight excluding hydrogens is 316 g/mol. The van der Waals surface area contributed by atoms with Gasteiger partial charge in [0.2, 0.25) is 5.91 Å². The lowest BCUT2D eigenvalue weighted by atomic mass is 10.1. The van der Waals surface area contributed by atoms with Crippen LogP contribution < -0.4 is 5.32 Å². The standard InChI is InChI=1S/C18H26N6O/c1-22(11-16-10-21-23(2)12-16)18(25)14-24-8-6-15(13-24)9-20-17-5-3-4-7-19-17/h3-5,7,10,12,15H,6,8-9,11,13-14H2,1-2H3,(H,19,20). The predicted molar refractivity (Wildman–Crippen MR) is 97.0 cm³/mol. The topological polar surface area (TPSA) is 66.3 Å². The molecule has 7 heteroatoms. The van der Waals surface area contributed by atoms with Gasteiger partial charge in [-0.1, -0.05) is 6.07 Å². The molecule has 0 aromatic carbocycles. The van der Waals surface area contributed by atoms with E-state index in [1.165, 1.54) is 0 Å². The molecule has 0 saturated carbocycles. The largest absolute Gasteiger partial charge is 0.370 e. The number of aryl methyl sites for hydroxylation is 1. The lowest BCUT2D eigenvalue weighted by Crippen LogP contribution is -2.37. The van der Waals surface area contributed by atoms with Crippen LogP contribution in [0.4, 0.5) is 5.82 Å². The molecule has 0 bridgehead atoms. The first-order valence-electron chi connectivity index (χ1n) is 8.69. The van der Waals surface area contributed by atoms with E-state index in [4.69, 9.17) is 0 Å². The van der Waals surface area contributed by atoms with Crippen molar-refractivity contribution in [1.82, 2.24) is 24.6 Å². The van der Waals surface area contributed by atoms with E-state index < -0.39 is 0 Å². The Hall–Kier alpha value is -2.41. The van der Waals surface area contributed by atoms with Gasteiger partial charge in [-0.05, 0) is 31.0 Å². The van der Waals surface area contributed by atoms with Gasteiger partial charge in [-0.25, -0.2) is 4.98 Å².